The first-order valence-electron chi connectivity index (χ1n) is 12.1. The van der Waals surface area contributed by atoms with Crippen LogP contribution in [0.4, 0.5) is 20.7 Å². The molecule has 5 rings (SSSR count). The van der Waals surface area contributed by atoms with E-state index < -0.39 is 17.3 Å². The van der Waals surface area contributed by atoms with Crippen LogP contribution in [0.5, 0.6) is 5.75 Å². The Kier molecular flexibility index (Phi) is 6.83. The molecule has 1 fully saturated rings. The molecule has 1 atom stereocenters. The van der Waals surface area contributed by atoms with Gasteiger partial charge < -0.3 is 26.0 Å². The number of halogens is 3. The van der Waals surface area contributed by atoms with Crippen molar-refractivity contribution in [1.82, 2.24) is 15.2 Å². The van der Waals surface area contributed by atoms with Crippen LogP contribution < -0.4 is 21.1 Å². The van der Waals surface area contributed by atoms with E-state index in [1.807, 2.05) is 18.2 Å². The van der Waals surface area contributed by atoms with Crippen LogP contribution in [0.3, 0.4) is 0 Å². The number of fused-ring (bicyclic) bond motifs is 2. The van der Waals surface area contributed by atoms with E-state index in [-0.39, 0.29) is 33.6 Å². The van der Waals surface area contributed by atoms with Crippen LogP contribution in [-0.2, 0) is 10.2 Å². The zero-order chi connectivity index (χ0) is 27.2. The minimum atomic E-state index is -0.712. The monoisotopic (exact) mass is 557 g/mol. The van der Waals surface area contributed by atoms with Crippen LogP contribution in [0.2, 0.25) is 10.0 Å². The molecule has 4 N–H and O–H groups in total. The van der Waals surface area contributed by atoms with Gasteiger partial charge in [0.1, 0.15) is 11.9 Å². The number of ether oxygens (including phenoxy) is 1. The number of amides is 3. The summed E-state index contributed by atoms with van der Waals surface area (Å²) < 4.78 is 20.1. The SMILES string of the molecule is CNC(=O)N1CCC2(CC1)C(=O)Nc1ccc(-c3cnc(N)c(O[C@H](C)c4c(Cl)ccc(F)c4Cl)c3)cc12. The summed E-state index contributed by atoms with van der Waals surface area (Å²) in [5.41, 5.74) is 8.89. The highest BCUT2D eigenvalue weighted by molar-refractivity contribution is 6.36. The lowest BCUT2D eigenvalue weighted by Gasteiger charge is -2.37. The number of nitrogens with one attached hydrogen (secondary N) is 2. The maximum atomic E-state index is 14.1. The Labute approximate surface area is 229 Å². The van der Waals surface area contributed by atoms with Gasteiger partial charge in [0.2, 0.25) is 5.91 Å². The third-order valence-electron chi connectivity index (χ3n) is 7.34. The molecule has 3 heterocycles. The van der Waals surface area contributed by atoms with E-state index >= 15 is 0 Å². The van der Waals surface area contributed by atoms with E-state index in [0.717, 1.165) is 22.4 Å². The van der Waals surface area contributed by atoms with E-state index in [2.05, 4.69) is 15.6 Å². The number of carbonyl (C=O) groups excluding carboxylic acids is 2. The van der Waals surface area contributed by atoms with Crippen LogP contribution in [0, 0.1) is 5.82 Å². The Hall–Kier alpha value is -3.56. The number of hydrogen-bond acceptors (Lipinski definition) is 5. The first-order valence-corrected chi connectivity index (χ1v) is 12.9. The number of urea groups is 1. The van der Waals surface area contributed by atoms with Gasteiger partial charge in [-0.25, -0.2) is 14.2 Å². The third-order valence-corrected chi connectivity index (χ3v) is 8.05. The highest BCUT2D eigenvalue weighted by Gasteiger charge is 2.49. The van der Waals surface area contributed by atoms with Gasteiger partial charge in [0, 0.05) is 48.2 Å². The van der Waals surface area contributed by atoms with Crippen molar-refractivity contribution in [2.75, 3.05) is 31.2 Å². The smallest absolute Gasteiger partial charge is 0.317 e. The van der Waals surface area contributed by atoms with Crippen LogP contribution in [0.15, 0.2) is 42.6 Å². The second kappa shape index (κ2) is 9.96. The van der Waals surface area contributed by atoms with Gasteiger partial charge in [-0.2, -0.15) is 0 Å². The molecule has 2 aliphatic rings. The third kappa shape index (κ3) is 4.39. The van der Waals surface area contributed by atoms with Gasteiger partial charge in [0.05, 0.1) is 10.4 Å². The normalized spacial score (nSPS) is 16.7. The number of rotatable bonds is 4. The van der Waals surface area contributed by atoms with Crippen LogP contribution in [0.1, 0.15) is 37.0 Å². The van der Waals surface area contributed by atoms with Crippen molar-refractivity contribution in [1.29, 1.82) is 0 Å². The number of nitrogens with zero attached hydrogens (tertiary/aromatic N) is 2. The fraction of sp³-hybridized carbons (Fsp3) is 0.296. The van der Waals surface area contributed by atoms with Gasteiger partial charge >= 0.3 is 6.03 Å². The number of nitrogen functional groups attached to an aromatic ring is 1. The number of hydrogen-bond donors (Lipinski definition) is 3. The average Bonchev–Trinajstić information content (AvgIpc) is 3.17. The molecule has 0 radical (unpaired) electrons. The highest BCUT2D eigenvalue weighted by Crippen LogP contribution is 2.46. The number of pyridine rings is 1. The molecule has 3 amide bonds. The maximum absolute atomic E-state index is 14.1. The fourth-order valence-electron chi connectivity index (χ4n) is 5.21. The minimum Gasteiger partial charge on any atom is -0.482 e. The molecule has 2 aliphatic heterocycles. The average molecular weight is 558 g/mol. The van der Waals surface area contributed by atoms with Gasteiger partial charge in [0.25, 0.3) is 0 Å². The van der Waals surface area contributed by atoms with Crippen molar-refractivity contribution in [2.45, 2.75) is 31.3 Å². The predicted octanol–water partition coefficient (Wildman–Crippen LogP) is 5.54. The van der Waals surface area contributed by atoms with Gasteiger partial charge in [-0.3, -0.25) is 4.79 Å². The van der Waals surface area contributed by atoms with Crippen molar-refractivity contribution in [3.8, 4) is 16.9 Å². The van der Waals surface area contributed by atoms with Crippen molar-refractivity contribution in [3.63, 3.8) is 0 Å². The molecule has 0 bridgehead atoms. The standard InChI is InChI=1S/C27H26Cl2FN5O3/c1-14(22-18(28)4-5-19(30)23(22)29)38-21-12-16(13-33-24(21)31)15-3-6-20-17(11-15)27(25(36)34-20)7-9-35(10-8-27)26(37)32-2/h3-6,11-14H,7-10H2,1-2H3,(H2,31,33)(H,32,37)(H,34,36)/t14-/m1/s1. The van der Waals surface area contributed by atoms with E-state index in [1.54, 1.807) is 31.1 Å². The summed E-state index contributed by atoms with van der Waals surface area (Å²) in [6.45, 7) is 2.64. The second-order valence-corrected chi connectivity index (χ2v) is 10.2. The van der Waals surface area contributed by atoms with E-state index in [9.17, 15) is 14.0 Å². The highest BCUT2D eigenvalue weighted by atomic mass is 35.5. The predicted molar refractivity (Wildman–Crippen MR) is 145 cm³/mol. The molecule has 198 valence electrons. The molecule has 1 spiro atoms. The fourth-order valence-corrected chi connectivity index (χ4v) is 5.89. The molecular formula is C27H26Cl2FN5O3. The van der Waals surface area contributed by atoms with Crippen molar-refractivity contribution in [3.05, 3.63) is 69.6 Å². The van der Waals surface area contributed by atoms with Crippen LogP contribution in [0.25, 0.3) is 11.1 Å². The number of nitrogens with two attached hydrogens (primary N) is 1. The molecule has 0 unspecified atom stereocenters. The van der Waals surface area contributed by atoms with Crippen molar-refractivity contribution >= 4 is 46.6 Å². The first kappa shape index (κ1) is 26.1. The van der Waals surface area contributed by atoms with Crippen LogP contribution in [-0.4, -0.2) is 42.0 Å². The molecule has 0 saturated carbocycles. The maximum Gasteiger partial charge on any atom is 0.317 e. The van der Waals surface area contributed by atoms with Gasteiger partial charge in [-0.15, -0.1) is 0 Å². The molecule has 1 aromatic heterocycles. The Bertz CT molecular complexity index is 1440. The quantitative estimate of drug-likeness (QED) is 0.365. The molecule has 3 aromatic rings. The lowest BCUT2D eigenvalue weighted by molar-refractivity contribution is -0.122. The molecule has 11 heteroatoms. The summed E-state index contributed by atoms with van der Waals surface area (Å²) in [6, 6.07) is 9.94. The Balaban J connectivity index is 1.45. The zero-order valence-electron chi connectivity index (χ0n) is 20.8. The van der Waals surface area contributed by atoms with Crippen LogP contribution >= 0.6 is 23.2 Å². The van der Waals surface area contributed by atoms with E-state index in [4.69, 9.17) is 33.7 Å². The lowest BCUT2D eigenvalue weighted by Crippen LogP contribution is -2.50. The van der Waals surface area contributed by atoms with Crippen molar-refractivity contribution in [2.24, 2.45) is 0 Å². The Morgan fingerprint density at radius 3 is 2.66 bits per heavy atom. The molecule has 0 aliphatic carbocycles. The molecular weight excluding hydrogens is 532 g/mol. The number of benzene rings is 2. The number of likely N-dealkylation sites (tertiary alicyclic amines) is 1. The Morgan fingerprint density at radius 1 is 1.21 bits per heavy atom. The Morgan fingerprint density at radius 2 is 1.95 bits per heavy atom. The first-order chi connectivity index (χ1) is 18.1. The van der Waals surface area contributed by atoms with Gasteiger partial charge in [0.15, 0.2) is 11.6 Å². The van der Waals surface area contributed by atoms with E-state index in [1.165, 1.54) is 12.1 Å². The number of piperidine rings is 1. The van der Waals surface area contributed by atoms with Gasteiger partial charge in [-0.05, 0) is 61.2 Å². The molecule has 2 aromatic carbocycles. The van der Waals surface area contributed by atoms with Gasteiger partial charge in [-0.1, -0.05) is 29.3 Å². The lowest BCUT2D eigenvalue weighted by atomic mass is 9.73. The summed E-state index contributed by atoms with van der Waals surface area (Å²) in [4.78, 5) is 31.2. The summed E-state index contributed by atoms with van der Waals surface area (Å²) in [5, 5.41) is 5.80. The number of carbonyl (C=O) groups is 2. The zero-order valence-corrected chi connectivity index (χ0v) is 22.3. The molecule has 1 saturated heterocycles. The summed E-state index contributed by atoms with van der Waals surface area (Å²) >= 11 is 12.4. The molecule has 8 nitrogen and oxygen atoms in total. The summed E-state index contributed by atoms with van der Waals surface area (Å²) in [5.74, 6) is -0.217. The topological polar surface area (TPSA) is 110 Å². The van der Waals surface area contributed by atoms with Crippen molar-refractivity contribution < 1.29 is 18.7 Å². The van der Waals surface area contributed by atoms with E-state index in [0.29, 0.717) is 31.5 Å². The second-order valence-electron chi connectivity index (χ2n) is 9.46. The summed E-state index contributed by atoms with van der Waals surface area (Å²) in [6.07, 6.45) is 1.95. The summed E-state index contributed by atoms with van der Waals surface area (Å²) in [7, 11) is 1.59. The minimum absolute atomic E-state index is 0.0571. The largest absolute Gasteiger partial charge is 0.482 e. The molecule has 38 heavy (non-hydrogen) atoms. The number of anilines is 2. The number of aromatic nitrogens is 1.